The van der Waals surface area contributed by atoms with Gasteiger partial charge < -0.3 is 15.0 Å². The predicted molar refractivity (Wildman–Crippen MR) is 97.9 cm³/mol. The largest absolute Gasteiger partial charge is 0.455 e. The van der Waals surface area contributed by atoms with Crippen molar-refractivity contribution in [2.45, 2.75) is 6.42 Å². The number of halogens is 1. The van der Waals surface area contributed by atoms with Crippen molar-refractivity contribution in [1.29, 1.82) is 0 Å². The van der Waals surface area contributed by atoms with Crippen molar-refractivity contribution in [3.8, 4) is 0 Å². The van der Waals surface area contributed by atoms with E-state index in [4.69, 9.17) is 16.3 Å². The summed E-state index contributed by atoms with van der Waals surface area (Å²) in [6.45, 7) is -0.168. The summed E-state index contributed by atoms with van der Waals surface area (Å²) in [5, 5.41) is 3.20. The van der Waals surface area contributed by atoms with Crippen molar-refractivity contribution in [3.63, 3.8) is 0 Å². The molecule has 134 valence electrons. The van der Waals surface area contributed by atoms with Crippen LogP contribution in [0.15, 0.2) is 54.6 Å². The average Bonchev–Trinajstić information content (AvgIpc) is 3.03. The molecular formula is C19H17ClN2O4. The summed E-state index contributed by atoms with van der Waals surface area (Å²) in [7, 11) is 0. The number of hydrogen-bond acceptors (Lipinski definition) is 4. The Morgan fingerprint density at radius 1 is 1.12 bits per heavy atom. The number of carbonyl (C=O) groups is 3. The Balaban J connectivity index is 1.51. The van der Waals surface area contributed by atoms with E-state index in [1.165, 1.54) is 4.90 Å². The van der Waals surface area contributed by atoms with Crippen LogP contribution < -0.4 is 10.2 Å². The zero-order chi connectivity index (χ0) is 18.5. The summed E-state index contributed by atoms with van der Waals surface area (Å²) in [5.41, 5.74) is 1.30. The Morgan fingerprint density at radius 3 is 2.50 bits per heavy atom. The normalized spacial score (nSPS) is 16.4. The summed E-state index contributed by atoms with van der Waals surface area (Å²) in [6, 6.07) is 15.7. The lowest BCUT2D eigenvalue weighted by Gasteiger charge is -2.16. The van der Waals surface area contributed by atoms with E-state index < -0.39 is 17.8 Å². The van der Waals surface area contributed by atoms with Crippen molar-refractivity contribution in [2.75, 3.05) is 23.4 Å². The van der Waals surface area contributed by atoms with Gasteiger partial charge in [0.1, 0.15) is 0 Å². The lowest BCUT2D eigenvalue weighted by atomic mass is 10.1. The molecule has 2 aromatic carbocycles. The van der Waals surface area contributed by atoms with Crippen molar-refractivity contribution in [3.05, 3.63) is 59.6 Å². The highest BCUT2D eigenvalue weighted by Gasteiger charge is 2.36. The molecule has 7 heteroatoms. The maximum absolute atomic E-state index is 12.2. The molecule has 1 unspecified atom stereocenters. The molecule has 0 saturated carbocycles. The third-order valence-electron chi connectivity index (χ3n) is 4.00. The average molecular weight is 373 g/mol. The summed E-state index contributed by atoms with van der Waals surface area (Å²) in [4.78, 5) is 37.7. The number of rotatable bonds is 5. The molecule has 2 amide bonds. The van der Waals surface area contributed by atoms with Crippen molar-refractivity contribution in [1.82, 2.24) is 0 Å². The van der Waals surface area contributed by atoms with E-state index in [2.05, 4.69) is 5.32 Å². The SMILES string of the molecule is O=C(COC(=O)C1CC(=O)N(c2ccc(Cl)cc2)C1)Nc1ccccc1. The Morgan fingerprint density at radius 2 is 1.81 bits per heavy atom. The molecule has 26 heavy (non-hydrogen) atoms. The van der Waals surface area contributed by atoms with Crippen molar-refractivity contribution >= 4 is 40.8 Å². The number of carbonyl (C=O) groups excluding carboxylic acids is 3. The summed E-state index contributed by atoms with van der Waals surface area (Å²) < 4.78 is 5.06. The number of para-hydroxylation sites is 1. The zero-order valence-corrected chi connectivity index (χ0v) is 14.6. The minimum atomic E-state index is -0.595. The van der Waals surface area contributed by atoms with Crippen LogP contribution in [0.5, 0.6) is 0 Å². The fourth-order valence-electron chi connectivity index (χ4n) is 2.71. The van der Waals surface area contributed by atoms with Gasteiger partial charge in [-0.25, -0.2) is 0 Å². The lowest BCUT2D eigenvalue weighted by Crippen LogP contribution is -2.28. The van der Waals surface area contributed by atoms with E-state index in [0.717, 1.165) is 0 Å². The van der Waals surface area contributed by atoms with Gasteiger partial charge in [0, 0.05) is 29.4 Å². The molecule has 0 bridgehead atoms. The maximum Gasteiger partial charge on any atom is 0.311 e. The number of benzene rings is 2. The van der Waals surface area contributed by atoms with Crippen LogP contribution >= 0.6 is 11.6 Å². The third kappa shape index (κ3) is 4.40. The zero-order valence-electron chi connectivity index (χ0n) is 13.9. The monoisotopic (exact) mass is 372 g/mol. The molecular weight excluding hydrogens is 356 g/mol. The van der Waals surface area contributed by atoms with Gasteiger partial charge in [-0.2, -0.15) is 0 Å². The predicted octanol–water partition coefficient (Wildman–Crippen LogP) is 2.87. The summed E-state index contributed by atoms with van der Waals surface area (Å²) in [5.74, 6) is -1.74. The first kappa shape index (κ1) is 17.9. The highest BCUT2D eigenvalue weighted by atomic mass is 35.5. The topological polar surface area (TPSA) is 75.7 Å². The Hall–Kier alpha value is -2.86. The summed E-state index contributed by atoms with van der Waals surface area (Å²) >= 11 is 5.85. The molecule has 1 heterocycles. The van der Waals surface area contributed by atoms with E-state index in [1.54, 1.807) is 48.5 Å². The van der Waals surface area contributed by atoms with Crippen LogP contribution in [0.3, 0.4) is 0 Å². The molecule has 2 aromatic rings. The van der Waals surface area contributed by atoms with Crippen LogP contribution in [-0.4, -0.2) is 30.9 Å². The Kier molecular flexibility index (Phi) is 5.53. The number of esters is 1. The Labute approximate surface area is 155 Å². The first-order chi connectivity index (χ1) is 12.5. The molecule has 0 radical (unpaired) electrons. The van der Waals surface area contributed by atoms with E-state index in [0.29, 0.717) is 16.4 Å². The van der Waals surface area contributed by atoms with Crippen LogP contribution in [0.2, 0.25) is 5.02 Å². The molecule has 0 spiro atoms. The summed E-state index contributed by atoms with van der Waals surface area (Å²) in [6.07, 6.45) is 0.0573. The van der Waals surface area contributed by atoms with E-state index in [9.17, 15) is 14.4 Å². The fraction of sp³-hybridized carbons (Fsp3) is 0.211. The molecule has 0 aliphatic carbocycles. The molecule has 1 atom stereocenters. The quantitative estimate of drug-likeness (QED) is 0.819. The Bertz CT molecular complexity index is 808. The third-order valence-corrected chi connectivity index (χ3v) is 4.25. The second-order valence-electron chi connectivity index (χ2n) is 5.90. The second-order valence-corrected chi connectivity index (χ2v) is 6.34. The number of hydrogen-bond donors (Lipinski definition) is 1. The number of ether oxygens (including phenoxy) is 1. The highest BCUT2D eigenvalue weighted by molar-refractivity contribution is 6.30. The second kappa shape index (κ2) is 8.01. The van der Waals surface area contributed by atoms with E-state index >= 15 is 0 Å². The number of anilines is 2. The van der Waals surface area contributed by atoms with Gasteiger partial charge in [0.2, 0.25) is 5.91 Å². The van der Waals surface area contributed by atoms with Crippen LogP contribution in [0.25, 0.3) is 0 Å². The van der Waals surface area contributed by atoms with Crippen LogP contribution in [0.1, 0.15) is 6.42 Å². The number of nitrogens with one attached hydrogen (secondary N) is 1. The smallest absolute Gasteiger partial charge is 0.311 e. The van der Waals surface area contributed by atoms with Gasteiger partial charge in [-0.3, -0.25) is 14.4 Å². The molecule has 1 aliphatic rings. The van der Waals surface area contributed by atoms with Crippen molar-refractivity contribution in [2.24, 2.45) is 5.92 Å². The standard InChI is InChI=1S/C19H17ClN2O4/c20-14-6-8-16(9-7-14)22-11-13(10-18(22)24)19(25)26-12-17(23)21-15-4-2-1-3-5-15/h1-9,13H,10-12H2,(H,21,23). The molecule has 1 N–H and O–H groups in total. The van der Waals surface area contributed by atoms with Gasteiger partial charge in [-0.1, -0.05) is 29.8 Å². The molecule has 6 nitrogen and oxygen atoms in total. The first-order valence-corrected chi connectivity index (χ1v) is 8.48. The molecule has 0 aromatic heterocycles. The lowest BCUT2D eigenvalue weighted by molar-refractivity contribution is -0.151. The van der Waals surface area contributed by atoms with Crippen LogP contribution in [-0.2, 0) is 19.1 Å². The van der Waals surface area contributed by atoms with Crippen LogP contribution in [0.4, 0.5) is 11.4 Å². The highest BCUT2D eigenvalue weighted by Crippen LogP contribution is 2.26. The minimum absolute atomic E-state index is 0.0573. The molecule has 1 fully saturated rings. The molecule has 1 aliphatic heterocycles. The van der Waals surface area contributed by atoms with E-state index in [-0.39, 0.29) is 25.5 Å². The maximum atomic E-state index is 12.2. The van der Waals surface area contributed by atoms with Gasteiger partial charge >= 0.3 is 5.97 Å². The van der Waals surface area contributed by atoms with Gasteiger partial charge in [0.25, 0.3) is 5.91 Å². The van der Waals surface area contributed by atoms with Gasteiger partial charge in [-0.05, 0) is 36.4 Å². The molecule has 3 rings (SSSR count). The number of nitrogens with zero attached hydrogens (tertiary/aromatic N) is 1. The number of amides is 2. The first-order valence-electron chi connectivity index (χ1n) is 8.10. The fourth-order valence-corrected chi connectivity index (χ4v) is 2.84. The van der Waals surface area contributed by atoms with Gasteiger partial charge in [0.05, 0.1) is 5.92 Å². The minimum Gasteiger partial charge on any atom is -0.455 e. The van der Waals surface area contributed by atoms with Gasteiger partial charge in [0.15, 0.2) is 6.61 Å². The van der Waals surface area contributed by atoms with Gasteiger partial charge in [-0.15, -0.1) is 0 Å². The molecule has 1 saturated heterocycles. The van der Waals surface area contributed by atoms with Crippen molar-refractivity contribution < 1.29 is 19.1 Å². The van der Waals surface area contributed by atoms with Crippen LogP contribution in [0, 0.1) is 5.92 Å². The van der Waals surface area contributed by atoms with E-state index in [1.807, 2.05) is 6.07 Å².